The van der Waals surface area contributed by atoms with Crippen LogP contribution in [0.3, 0.4) is 0 Å². The number of fused-ring (bicyclic) bond motifs is 1. The first-order valence-corrected chi connectivity index (χ1v) is 10.9. The number of carbonyl (C=O) groups excluding carboxylic acids is 1. The van der Waals surface area contributed by atoms with Crippen LogP contribution in [0, 0.1) is 5.82 Å². The molecule has 4 rings (SSSR count). The van der Waals surface area contributed by atoms with Gasteiger partial charge in [-0.15, -0.1) is 0 Å². The zero-order chi connectivity index (χ0) is 22.2. The maximum atomic E-state index is 13.4. The minimum Gasteiger partial charge on any atom is -0.475 e. The molecule has 0 saturated carbocycles. The second-order valence-corrected chi connectivity index (χ2v) is 9.13. The molecule has 1 atom stereocenters. The van der Waals surface area contributed by atoms with Gasteiger partial charge in [-0.1, -0.05) is 48.5 Å². The average Bonchev–Trinajstić information content (AvgIpc) is 2.78. The highest BCUT2D eigenvalue weighted by molar-refractivity contribution is 7.89. The van der Waals surface area contributed by atoms with Crippen LogP contribution in [0.5, 0.6) is 0 Å². The van der Waals surface area contributed by atoms with Gasteiger partial charge >= 0.3 is 5.97 Å². The lowest BCUT2D eigenvalue weighted by Gasteiger charge is -2.34. The van der Waals surface area contributed by atoms with Crippen molar-refractivity contribution in [2.24, 2.45) is 0 Å². The summed E-state index contributed by atoms with van der Waals surface area (Å²) in [5.74, 6) is -3.21. The molecule has 6 nitrogen and oxygen atoms in total. The SMILES string of the molecule is O=C(O)C(=O)[C@@H]1Cc2ccccc2CN1S(=O)(=O)c1ccc(-c2ccc(F)cc2)cc1. The number of benzene rings is 3. The zero-order valence-electron chi connectivity index (χ0n) is 16.2. The number of sulfonamides is 1. The molecule has 0 unspecified atom stereocenters. The Labute approximate surface area is 178 Å². The maximum absolute atomic E-state index is 13.4. The van der Waals surface area contributed by atoms with Gasteiger partial charge < -0.3 is 5.11 Å². The summed E-state index contributed by atoms with van der Waals surface area (Å²) < 4.78 is 40.8. The average molecular weight is 439 g/mol. The number of hydrogen-bond acceptors (Lipinski definition) is 4. The number of halogens is 1. The van der Waals surface area contributed by atoms with E-state index in [0.717, 1.165) is 21.0 Å². The van der Waals surface area contributed by atoms with Gasteiger partial charge in [0.2, 0.25) is 10.0 Å². The van der Waals surface area contributed by atoms with Crippen LogP contribution in [-0.4, -0.2) is 35.6 Å². The lowest BCUT2D eigenvalue weighted by molar-refractivity contribution is -0.151. The molecular weight excluding hydrogens is 421 g/mol. The van der Waals surface area contributed by atoms with Crippen LogP contribution in [0.1, 0.15) is 11.1 Å². The van der Waals surface area contributed by atoms with E-state index in [9.17, 15) is 27.5 Å². The van der Waals surface area contributed by atoms with E-state index in [1.165, 1.54) is 24.3 Å². The number of rotatable bonds is 5. The molecule has 0 aliphatic carbocycles. The Balaban J connectivity index is 1.71. The van der Waals surface area contributed by atoms with Crippen molar-refractivity contribution in [3.05, 3.63) is 89.7 Å². The number of Topliss-reactive ketones (excluding diaryl/α,β-unsaturated/α-hetero) is 1. The van der Waals surface area contributed by atoms with Crippen LogP contribution in [-0.2, 0) is 32.6 Å². The van der Waals surface area contributed by atoms with Crippen molar-refractivity contribution >= 4 is 21.8 Å². The predicted molar refractivity (Wildman–Crippen MR) is 111 cm³/mol. The Hall–Kier alpha value is -3.36. The van der Waals surface area contributed by atoms with E-state index in [2.05, 4.69) is 0 Å². The molecular formula is C23H18FNO5S. The Morgan fingerprint density at radius 1 is 0.871 bits per heavy atom. The van der Waals surface area contributed by atoms with E-state index >= 15 is 0 Å². The van der Waals surface area contributed by atoms with Crippen LogP contribution in [0.15, 0.2) is 77.7 Å². The van der Waals surface area contributed by atoms with Crippen molar-refractivity contribution in [2.75, 3.05) is 0 Å². The van der Waals surface area contributed by atoms with E-state index in [0.29, 0.717) is 5.56 Å². The monoisotopic (exact) mass is 439 g/mol. The first-order valence-electron chi connectivity index (χ1n) is 9.49. The number of carboxylic acids is 1. The summed E-state index contributed by atoms with van der Waals surface area (Å²) in [5.41, 5.74) is 2.89. The molecule has 3 aromatic rings. The zero-order valence-corrected chi connectivity index (χ0v) is 17.0. The van der Waals surface area contributed by atoms with Gasteiger partial charge in [0.15, 0.2) is 0 Å². The van der Waals surface area contributed by atoms with E-state index in [1.54, 1.807) is 48.5 Å². The number of carboxylic acid groups (broad SMARTS) is 1. The molecule has 158 valence electrons. The fraction of sp³-hybridized carbons (Fsp3) is 0.130. The third-order valence-electron chi connectivity index (χ3n) is 5.36. The van der Waals surface area contributed by atoms with Gasteiger partial charge in [0, 0.05) is 6.54 Å². The number of aliphatic carboxylic acids is 1. The minimum atomic E-state index is -4.15. The summed E-state index contributed by atoms with van der Waals surface area (Å²) in [4.78, 5) is 23.6. The van der Waals surface area contributed by atoms with Crippen molar-refractivity contribution < 1.29 is 27.5 Å². The summed E-state index contributed by atoms with van der Waals surface area (Å²) in [5, 5.41) is 9.22. The minimum absolute atomic E-state index is 0.00575. The third-order valence-corrected chi connectivity index (χ3v) is 7.23. The Bertz CT molecular complexity index is 1250. The van der Waals surface area contributed by atoms with Crippen LogP contribution >= 0.6 is 0 Å². The van der Waals surface area contributed by atoms with Crippen LogP contribution in [0.25, 0.3) is 11.1 Å². The van der Waals surface area contributed by atoms with Crippen LogP contribution < -0.4 is 0 Å². The largest absolute Gasteiger partial charge is 0.475 e. The van der Waals surface area contributed by atoms with Crippen molar-refractivity contribution in [2.45, 2.75) is 23.9 Å². The maximum Gasteiger partial charge on any atom is 0.373 e. The lowest BCUT2D eigenvalue weighted by atomic mass is 9.94. The molecule has 1 heterocycles. The topological polar surface area (TPSA) is 91.8 Å². The quantitative estimate of drug-likeness (QED) is 0.616. The third kappa shape index (κ3) is 3.99. The second-order valence-electron chi connectivity index (χ2n) is 7.24. The molecule has 0 saturated heterocycles. The van der Waals surface area contributed by atoms with Gasteiger partial charge in [0.1, 0.15) is 5.82 Å². The second kappa shape index (κ2) is 8.05. The summed E-state index contributed by atoms with van der Waals surface area (Å²) in [7, 11) is -4.15. The molecule has 1 N–H and O–H groups in total. The van der Waals surface area contributed by atoms with Crippen molar-refractivity contribution in [1.82, 2.24) is 4.31 Å². The van der Waals surface area contributed by atoms with Crippen molar-refractivity contribution in [1.29, 1.82) is 0 Å². The van der Waals surface area contributed by atoms with Crippen LogP contribution in [0.4, 0.5) is 4.39 Å². The highest BCUT2D eigenvalue weighted by Crippen LogP contribution is 2.30. The Morgan fingerprint density at radius 3 is 2.00 bits per heavy atom. The van der Waals surface area contributed by atoms with E-state index < -0.39 is 27.8 Å². The normalized spacial score (nSPS) is 16.5. The van der Waals surface area contributed by atoms with Gasteiger partial charge in [0.25, 0.3) is 5.78 Å². The van der Waals surface area contributed by atoms with E-state index in [4.69, 9.17) is 0 Å². The predicted octanol–water partition coefficient (Wildman–Crippen LogP) is 3.26. The highest BCUT2D eigenvalue weighted by Gasteiger charge is 2.41. The number of ketones is 1. The number of carbonyl (C=O) groups is 2. The molecule has 8 heteroatoms. The smallest absolute Gasteiger partial charge is 0.373 e. The molecule has 0 amide bonds. The van der Waals surface area contributed by atoms with E-state index in [-0.39, 0.29) is 23.7 Å². The summed E-state index contributed by atoms with van der Waals surface area (Å²) >= 11 is 0. The van der Waals surface area contributed by atoms with Gasteiger partial charge in [-0.05, 0) is 52.9 Å². The van der Waals surface area contributed by atoms with Gasteiger partial charge in [0.05, 0.1) is 10.9 Å². The molecule has 0 spiro atoms. The first kappa shape index (κ1) is 20.9. The Kier molecular flexibility index (Phi) is 5.43. The summed E-state index contributed by atoms with van der Waals surface area (Å²) in [6.07, 6.45) is -0.00575. The molecule has 3 aromatic carbocycles. The van der Waals surface area contributed by atoms with E-state index in [1.807, 2.05) is 0 Å². The molecule has 1 aliphatic rings. The van der Waals surface area contributed by atoms with Gasteiger partial charge in [-0.3, -0.25) is 4.79 Å². The van der Waals surface area contributed by atoms with Crippen molar-refractivity contribution in [3.63, 3.8) is 0 Å². The fourth-order valence-corrected chi connectivity index (χ4v) is 5.28. The van der Waals surface area contributed by atoms with Gasteiger partial charge in [-0.25, -0.2) is 17.6 Å². The molecule has 0 aromatic heterocycles. The Morgan fingerprint density at radius 2 is 1.42 bits per heavy atom. The number of nitrogens with zero attached hydrogens (tertiary/aromatic N) is 1. The van der Waals surface area contributed by atoms with Gasteiger partial charge in [-0.2, -0.15) is 4.31 Å². The summed E-state index contributed by atoms with van der Waals surface area (Å²) in [6, 6.07) is 17.5. The molecule has 0 fully saturated rings. The summed E-state index contributed by atoms with van der Waals surface area (Å²) in [6.45, 7) is -0.0953. The molecule has 0 radical (unpaired) electrons. The van der Waals surface area contributed by atoms with Crippen molar-refractivity contribution in [3.8, 4) is 11.1 Å². The number of hydrogen-bond donors (Lipinski definition) is 1. The lowest BCUT2D eigenvalue weighted by Crippen LogP contribution is -2.50. The fourth-order valence-electron chi connectivity index (χ4n) is 3.71. The standard InChI is InChI=1S/C23H18FNO5S/c24-19-9-5-15(6-10-19)16-7-11-20(12-8-16)31(29,30)25-14-18-4-2-1-3-17(18)13-21(25)22(26)23(27)28/h1-12,21H,13-14H2,(H,27,28)/t21-/m0/s1. The molecule has 1 aliphatic heterocycles. The highest BCUT2D eigenvalue weighted by atomic mass is 32.2. The van der Waals surface area contributed by atoms with Crippen LogP contribution in [0.2, 0.25) is 0 Å². The first-order chi connectivity index (χ1) is 14.8. The molecule has 31 heavy (non-hydrogen) atoms. The molecule has 0 bridgehead atoms.